The van der Waals surface area contributed by atoms with Crippen molar-refractivity contribution in [1.82, 2.24) is 0 Å². The number of ether oxygens (including phenoxy) is 2. The van der Waals surface area contributed by atoms with Crippen LogP contribution in [0, 0.1) is 0 Å². The van der Waals surface area contributed by atoms with Gasteiger partial charge in [0.15, 0.2) is 5.79 Å². The molecule has 2 rings (SSSR count). The SMILES string of the molecule is CC[C@@H]1CCCC2(CCCCO2)O1. The second kappa shape index (κ2) is 3.97. The van der Waals surface area contributed by atoms with Crippen LogP contribution in [0.2, 0.25) is 0 Å². The molecular weight excluding hydrogens is 164 g/mol. The first-order chi connectivity index (χ1) is 6.35. The van der Waals surface area contributed by atoms with Crippen LogP contribution in [0.4, 0.5) is 0 Å². The van der Waals surface area contributed by atoms with E-state index in [9.17, 15) is 0 Å². The summed E-state index contributed by atoms with van der Waals surface area (Å²) >= 11 is 0. The first kappa shape index (κ1) is 9.47. The van der Waals surface area contributed by atoms with E-state index < -0.39 is 0 Å². The highest BCUT2D eigenvalue weighted by Gasteiger charge is 2.38. The molecule has 0 saturated carbocycles. The third-order valence-corrected chi connectivity index (χ3v) is 3.24. The molecule has 2 heterocycles. The van der Waals surface area contributed by atoms with Gasteiger partial charge < -0.3 is 9.47 Å². The zero-order chi connectivity index (χ0) is 9.15. The molecule has 0 aromatic heterocycles. The first-order valence-electron chi connectivity index (χ1n) is 5.66. The molecule has 2 heteroatoms. The molecule has 0 N–H and O–H groups in total. The number of rotatable bonds is 1. The predicted molar refractivity (Wildman–Crippen MR) is 51.5 cm³/mol. The summed E-state index contributed by atoms with van der Waals surface area (Å²) in [4.78, 5) is 0. The molecular formula is C11H20O2. The number of hydrogen-bond acceptors (Lipinski definition) is 2. The molecule has 0 aromatic rings. The second-order valence-corrected chi connectivity index (χ2v) is 4.26. The highest BCUT2D eigenvalue weighted by molar-refractivity contribution is 4.80. The lowest BCUT2D eigenvalue weighted by Gasteiger charge is -2.43. The van der Waals surface area contributed by atoms with Gasteiger partial charge in [0.1, 0.15) is 0 Å². The van der Waals surface area contributed by atoms with Gasteiger partial charge >= 0.3 is 0 Å². The zero-order valence-corrected chi connectivity index (χ0v) is 8.55. The largest absolute Gasteiger partial charge is 0.350 e. The van der Waals surface area contributed by atoms with Gasteiger partial charge in [-0.2, -0.15) is 0 Å². The molecule has 0 aromatic carbocycles. The minimum atomic E-state index is -0.169. The molecule has 0 amide bonds. The van der Waals surface area contributed by atoms with Crippen molar-refractivity contribution in [2.24, 2.45) is 0 Å². The minimum Gasteiger partial charge on any atom is -0.350 e. The van der Waals surface area contributed by atoms with Gasteiger partial charge in [0.2, 0.25) is 0 Å². The topological polar surface area (TPSA) is 18.5 Å². The Kier molecular flexibility index (Phi) is 2.89. The van der Waals surface area contributed by atoms with Gasteiger partial charge in [0, 0.05) is 12.8 Å². The van der Waals surface area contributed by atoms with Crippen molar-refractivity contribution < 1.29 is 9.47 Å². The molecule has 1 spiro atoms. The Morgan fingerprint density at radius 3 is 2.77 bits per heavy atom. The Hall–Kier alpha value is -0.0800. The molecule has 1 unspecified atom stereocenters. The summed E-state index contributed by atoms with van der Waals surface area (Å²) < 4.78 is 11.9. The van der Waals surface area contributed by atoms with Crippen LogP contribution < -0.4 is 0 Å². The van der Waals surface area contributed by atoms with E-state index in [2.05, 4.69) is 6.92 Å². The zero-order valence-electron chi connectivity index (χ0n) is 8.55. The van der Waals surface area contributed by atoms with Gasteiger partial charge in [-0.3, -0.25) is 0 Å². The maximum Gasteiger partial charge on any atom is 0.168 e. The summed E-state index contributed by atoms with van der Waals surface area (Å²) in [6.45, 7) is 3.10. The summed E-state index contributed by atoms with van der Waals surface area (Å²) in [6, 6.07) is 0. The lowest BCUT2D eigenvalue weighted by molar-refractivity contribution is -0.295. The van der Waals surface area contributed by atoms with Crippen LogP contribution in [-0.2, 0) is 9.47 Å². The Morgan fingerprint density at radius 1 is 1.23 bits per heavy atom. The lowest BCUT2D eigenvalue weighted by atomic mass is 9.94. The molecule has 0 bridgehead atoms. The molecule has 0 radical (unpaired) electrons. The maximum atomic E-state index is 6.04. The molecule has 13 heavy (non-hydrogen) atoms. The quantitative estimate of drug-likeness (QED) is 0.624. The lowest BCUT2D eigenvalue weighted by Crippen LogP contribution is -2.45. The van der Waals surface area contributed by atoms with E-state index in [4.69, 9.17) is 9.47 Å². The Balaban J connectivity index is 1.95. The van der Waals surface area contributed by atoms with Crippen LogP contribution >= 0.6 is 0 Å². The van der Waals surface area contributed by atoms with Gasteiger partial charge in [0.05, 0.1) is 12.7 Å². The van der Waals surface area contributed by atoms with E-state index in [0.29, 0.717) is 6.10 Å². The van der Waals surface area contributed by atoms with Crippen molar-refractivity contribution in [2.75, 3.05) is 6.61 Å². The van der Waals surface area contributed by atoms with Crippen molar-refractivity contribution in [3.8, 4) is 0 Å². The molecule has 76 valence electrons. The average Bonchev–Trinajstić information content (AvgIpc) is 2.19. The summed E-state index contributed by atoms with van der Waals surface area (Å²) in [5.74, 6) is -0.169. The highest BCUT2D eigenvalue weighted by Crippen LogP contribution is 2.37. The second-order valence-electron chi connectivity index (χ2n) is 4.26. The standard InChI is InChI=1S/C11H20O2/c1-2-10-6-5-8-11(13-10)7-3-4-9-12-11/h10H,2-9H2,1H3/t10-,11?/m1/s1. The van der Waals surface area contributed by atoms with Crippen molar-refractivity contribution in [1.29, 1.82) is 0 Å². The fourth-order valence-electron chi connectivity index (χ4n) is 2.42. The fourth-order valence-corrected chi connectivity index (χ4v) is 2.42. The van der Waals surface area contributed by atoms with Crippen molar-refractivity contribution in [3.05, 3.63) is 0 Å². The monoisotopic (exact) mass is 184 g/mol. The van der Waals surface area contributed by atoms with Crippen molar-refractivity contribution >= 4 is 0 Å². The summed E-state index contributed by atoms with van der Waals surface area (Å²) in [6.07, 6.45) is 8.79. The Bertz CT molecular complexity index is 156. The van der Waals surface area contributed by atoms with E-state index in [1.54, 1.807) is 0 Å². The highest BCUT2D eigenvalue weighted by atomic mass is 16.7. The van der Waals surface area contributed by atoms with Crippen LogP contribution in [0.3, 0.4) is 0 Å². The van der Waals surface area contributed by atoms with Crippen molar-refractivity contribution in [3.63, 3.8) is 0 Å². The van der Waals surface area contributed by atoms with Gasteiger partial charge in [-0.15, -0.1) is 0 Å². The number of hydrogen-bond donors (Lipinski definition) is 0. The fraction of sp³-hybridized carbons (Fsp3) is 1.00. The normalized spacial score (nSPS) is 40.8. The van der Waals surface area contributed by atoms with Crippen LogP contribution in [0.1, 0.15) is 51.9 Å². The average molecular weight is 184 g/mol. The maximum absolute atomic E-state index is 6.04. The van der Waals surface area contributed by atoms with Crippen LogP contribution in [0.15, 0.2) is 0 Å². The van der Waals surface area contributed by atoms with Crippen LogP contribution in [0.5, 0.6) is 0 Å². The van der Waals surface area contributed by atoms with E-state index in [1.807, 2.05) is 0 Å². The van der Waals surface area contributed by atoms with Gasteiger partial charge in [-0.1, -0.05) is 6.92 Å². The Morgan fingerprint density at radius 2 is 2.08 bits per heavy atom. The molecule has 2 nitrogen and oxygen atoms in total. The third-order valence-electron chi connectivity index (χ3n) is 3.24. The van der Waals surface area contributed by atoms with Crippen LogP contribution in [0.25, 0.3) is 0 Å². The molecule has 0 aliphatic carbocycles. The van der Waals surface area contributed by atoms with Crippen LogP contribution in [-0.4, -0.2) is 18.5 Å². The summed E-state index contributed by atoms with van der Waals surface area (Å²) in [5.41, 5.74) is 0. The molecule has 2 aliphatic rings. The third kappa shape index (κ3) is 2.05. The first-order valence-corrected chi connectivity index (χ1v) is 5.66. The van der Waals surface area contributed by atoms with Gasteiger partial charge in [-0.05, 0) is 32.1 Å². The molecule has 2 fully saturated rings. The predicted octanol–water partition coefficient (Wildman–Crippen LogP) is 2.86. The summed E-state index contributed by atoms with van der Waals surface area (Å²) in [7, 11) is 0. The van der Waals surface area contributed by atoms with Gasteiger partial charge in [0.25, 0.3) is 0 Å². The minimum absolute atomic E-state index is 0.169. The Labute approximate surface area is 80.6 Å². The molecule has 2 atom stereocenters. The molecule has 2 saturated heterocycles. The van der Waals surface area contributed by atoms with Crippen molar-refractivity contribution in [2.45, 2.75) is 63.8 Å². The summed E-state index contributed by atoms with van der Waals surface area (Å²) in [5, 5.41) is 0. The van der Waals surface area contributed by atoms with E-state index in [-0.39, 0.29) is 5.79 Å². The van der Waals surface area contributed by atoms with E-state index >= 15 is 0 Å². The van der Waals surface area contributed by atoms with E-state index in [0.717, 1.165) is 25.9 Å². The van der Waals surface area contributed by atoms with Gasteiger partial charge in [-0.25, -0.2) is 0 Å². The van der Waals surface area contributed by atoms with E-state index in [1.165, 1.54) is 25.7 Å². The smallest absolute Gasteiger partial charge is 0.168 e. The molecule has 2 aliphatic heterocycles.